The van der Waals surface area contributed by atoms with E-state index in [-0.39, 0.29) is 0 Å². The molecule has 4 heteroatoms. The zero-order valence-corrected chi connectivity index (χ0v) is 12.6. The highest BCUT2D eigenvalue weighted by molar-refractivity contribution is 5.40. The van der Waals surface area contributed by atoms with Crippen LogP contribution >= 0.6 is 0 Å². The van der Waals surface area contributed by atoms with Crippen molar-refractivity contribution in [2.45, 2.75) is 44.9 Å². The Labute approximate surface area is 121 Å². The van der Waals surface area contributed by atoms with E-state index in [0.717, 1.165) is 49.5 Å². The second-order valence-electron chi connectivity index (χ2n) is 5.18. The lowest BCUT2D eigenvalue weighted by Gasteiger charge is -2.29. The van der Waals surface area contributed by atoms with Crippen LogP contribution in [0.5, 0.6) is 11.5 Å². The van der Waals surface area contributed by atoms with E-state index in [1.54, 1.807) is 14.2 Å². The minimum absolute atomic E-state index is 0.402. The van der Waals surface area contributed by atoms with Crippen molar-refractivity contribution in [3.8, 4) is 11.5 Å². The van der Waals surface area contributed by atoms with Crippen LogP contribution in [0.3, 0.4) is 0 Å². The van der Waals surface area contributed by atoms with Gasteiger partial charge in [0.1, 0.15) is 11.5 Å². The number of ether oxygens (including phenoxy) is 3. The highest BCUT2D eigenvalue weighted by Crippen LogP contribution is 2.25. The predicted molar refractivity (Wildman–Crippen MR) is 79.4 cm³/mol. The summed E-state index contributed by atoms with van der Waals surface area (Å²) < 4.78 is 16.3. The molecule has 0 saturated carbocycles. The zero-order valence-electron chi connectivity index (χ0n) is 12.6. The average Bonchev–Trinajstić information content (AvgIpc) is 2.52. The van der Waals surface area contributed by atoms with Crippen molar-refractivity contribution in [3.05, 3.63) is 23.8 Å². The molecular formula is C16H25NO3. The Morgan fingerprint density at radius 3 is 2.85 bits per heavy atom. The molecule has 2 rings (SSSR count). The third-order valence-electron chi connectivity index (χ3n) is 3.90. The molecule has 1 aromatic rings. The normalized spacial score (nSPS) is 22.6. The summed E-state index contributed by atoms with van der Waals surface area (Å²) in [6.45, 7) is 3.85. The van der Waals surface area contributed by atoms with Gasteiger partial charge in [0.15, 0.2) is 0 Å². The summed E-state index contributed by atoms with van der Waals surface area (Å²) in [5.74, 6) is 1.69. The smallest absolute Gasteiger partial charge is 0.127 e. The molecule has 112 valence electrons. The maximum absolute atomic E-state index is 5.70. The highest BCUT2D eigenvalue weighted by Gasteiger charge is 2.21. The van der Waals surface area contributed by atoms with Gasteiger partial charge in [0.25, 0.3) is 0 Å². The Morgan fingerprint density at radius 2 is 2.15 bits per heavy atom. The monoisotopic (exact) mass is 279 g/mol. The van der Waals surface area contributed by atoms with Crippen LogP contribution in [0.4, 0.5) is 0 Å². The van der Waals surface area contributed by atoms with Crippen LogP contribution in [-0.2, 0) is 11.3 Å². The topological polar surface area (TPSA) is 39.7 Å². The third-order valence-corrected chi connectivity index (χ3v) is 3.90. The molecule has 1 N–H and O–H groups in total. The molecule has 1 saturated heterocycles. The van der Waals surface area contributed by atoms with Gasteiger partial charge in [-0.2, -0.15) is 0 Å². The summed E-state index contributed by atoms with van der Waals surface area (Å²) in [5.41, 5.74) is 1.16. The molecule has 20 heavy (non-hydrogen) atoms. The van der Waals surface area contributed by atoms with Crippen molar-refractivity contribution in [2.24, 2.45) is 0 Å². The molecular weight excluding hydrogens is 254 g/mol. The second kappa shape index (κ2) is 7.50. The van der Waals surface area contributed by atoms with Crippen molar-refractivity contribution in [2.75, 3.05) is 20.8 Å². The first-order valence-corrected chi connectivity index (χ1v) is 7.32. The number of nitrogens with one attached hydrogen (secondary N) is 1. The number of benzene rings is 1. The molecule has 0 spiro atoms. The van der Waals surface area contributed by atoms with E-state index >= 15 is 0 Å². The first-order valence-electron chi connectivity index (χ1n) is 7.32. The summed E-state index contributed by atoms with van der Waals surface area (Å²) in [6.07, 6.45) is 3.66. The molecule has 1 aliphatic rings. The van der Waals surface area contributed by atoms with Crippen LogP contribution in [0.1, 0.15) is 31.7 Å². The maximum atomic E-state index is 5.70. The van der Waals surface area contributed by atoms with E-state index < -0.39 is 0 Å². The van der Waals surface area contributed by atoms with Gasteiger partial charge in [0, 0.05) is 30.8 Å². The Hall–Kier alpha value is -1.26. The van der Waals surface area contributed by atoms with E-state index in [9.17, 15) is 0 Å². The average molecular weight is 279 g/mol. The largest absolute Gasteiger partial charge is 0.497 e. The van der Waals surface area contributed by atoms with Crippen molar-refractivity contribution >= 4 is 0 Å². The molecule has 2 atom stereocenters. The van der Waals surface area contributed by atoms with Crippen molar-refractivity contribution in [1.82, 2.24) is 5.32 Å². The van der Waals surface area contributed by atoms with Gasteiger partial charge >= 0.3 is 0 Å². The summed E-state index contributed by atoms with van der Waals surface area (Å²) >= 11 is 0. The molecule has 1 fully saturated rings. The Bertz CT molecular complexity index is 422. The van der Waals surface area contributed by atoms with Gasteiger partial charge in [-0.3, -0.25) is 0 Å². The Morgan fingerprint density at radius 1 is 1.30 bits per heavy atom. The van der Waals surface area contributed by atoms with Crippen LogP contribution in [0.25, 0.3) is 0 Å². The van der Waals surface area contributed by atoms with Gasteiger partial charge in [-0.1, -0.05) is 13.0 Å². The second-order valence-corrected chi connectivity index (χ2v) is 5.18. The fourth-order valence-electron chi connectivity index (χ4n) is 2.60. The molecule has 0 radical (unpaired) electrons. The van der Waals surface area contributed by atoms with Gasteiger partial charge in [0.05, 0.1) is 20.3 Å². The van der Waals surface area contributed by atoms with E-state index in [4.69, 9.17) is 14.2 Å². The predicted octanol–water partition coefficient (Wildman–Crippen LogP) is 2.75. The molecule has 0 amide bonds. The molecule has 1 aliphatic heterocycles. The van der Waals surface area contributed by atoms with E-state index in [2.05, 4.69) is 18.3 Å². The number of methoxy groups -OCH3 is 2. The lowest BCUT2D eigenvalue weighted by molar-refractivity contribution is -0.000339. The standard InChI is InChI=1S/C16H25NO3/c1-4-14-9-13(7-8-20-14)17-11-12-5-6-15(18-2)10-16(12)19-3/h5-6,10,13-14,17H,4,7-9,11H2,1-3H3. The van der Waals surface area contributed by atoms with E-state index in [0.29, 0.717) is 12.1 Å². The van der Waals surface area contributed by atoms with Crippen LogP contribution in [-0.4, -0.2) is 33.0 Å². The fourth-order valence-corrected chi connectivity index (χ4v) is 2.60. The van der Waals surface area contributed by atoms with Crippen LogP contribution in [0.15, 0.2) is 18.2 Å². The number of hydrogen-bond donors (Lipinski definition) is 1. The Balaban J connectivity index is 1.93. The van der Waals surface area contributed by atoms with E-state index in [1.165, 1.54) is 0 Å². The van der Waals surface area contributed by atoms with Crippen molar-refractivity contribution in [1.29, 1.82) is 0 Å². The van der Waals surface area contributed by atoms with Crippen LogP contribution < -0.4 is 14.8 Å². The van der Waals surface area contributed by atoms with Crippen LogP contribution in [0.2, 0.25) is 0 Å². The van der Waals surface area contributed by atoms with Gasteiger partial charge in [0.2, 0.25) is 0 Å². The summed E-state index contributed by atoms with van der Waals surface area (Å²) in [4.78, 5) is 0. The van der Waals surface area contributed by atoms with E-state index in [1.807, 2.05) is 12.1 Å². The minimum atomic E-state index is 0.402. The third kappa shape index (κ3) is 3.87. The van der Waals surface area contributed by atoms with Gasteiger partial charge in [-0.05, 0) is 25.3 Å². The zero-order chi connectivity index (χ0) is 14.4. The van der Waals surface area contributed by atoms with Crippen molar-refractivity contribution in [3.63, 3.8) is 0 Å². The van der Waals surface area contributed by atoms with Crippen LogP contribution in [0, 0.1) is 0 Å². The molecule has 0 bridgehead atoms. The lowest BCUT2D eigenvalue weighted by Crippen LogP contribution is -2.38. The Kier molecular flexibility index (Phi) is 5.68. The molecule has 1 aromatic carbocycles. The SMILES string of the molecule is CCC1CC(NCc2ccc(OC)cc2OC)CCO1. The summed E-state index contributed by atoms with van der Waals surface area (Å²) in [6, 6.07) is 6.48. The van der Waals surface area contributed by atoms with Gasteiger partial charge < -0.3 is 19.5 Å². The number of rotatable bonds is 6. The molecule has 2 unspecified atom stereocenters. The molecule has 0 aromatic heterocycles. The molecule has 4 nitrogen and oxygen atoms in total. The first-order chi connectivity index (χ1) is 9.76. The highest BCUT2D eigenvalue weighted by atomic mass is 16.5. The number of hydrogen-bond acceptors (Lipinski definition) is 4. The summed E-state index contributed by atoms with van der Waals surface area (Å²) in [5, 5.41) is 3.61. The summed E-state index contributed by atoms with van der Waals surface area (Å²) in [7, 11) is 3.36. The first kappa shape index (κ1) is 15.1. The molecule has 1 heterocycles. The maximum Gasteiger partial charge on any atom is 0.127 e. The lowest BCUT2D eigenvalue weighted by atomic mass is 10.0. The minimum Gasteiger partial charge on any atom is -0.497 e. The van der Waals surface area contributed by atoms with Gasteiger partial charge in [-0.15, -0.1) is 0 Å². The fraction of sp³-hybridized carbons (Fsp3) is 0.625. The van der Waals surface area contributed by atoms with Crippen molar-refractivity contribution < 1.29 is 14.2 Å². The van der Waals surface area contributed by atoms with Gasteiger partial charge in [-0.25, -0.2) is 0 Å². The quantitative estimate of drug-likeness (QED) is 0.869. The molecule has 0 aliphatic carbocycles.